The van der Waals surface area contributed by atoms with Gasteiger partial charge < -0.3 is 30.0 Å². The lowest BCUT2D eigenvalue weighted by atomic mass is 9.98. The van der Waals surface area contributed by atoms with Gasteiger partial charge in [-0.2, -0.15) is 8.78 Å². The molecule has 8 nitrogen and oxygen atoms in total. The number of halogens is 4. The Labute approximate surface area is 274 Å². The number of carbonyl (C=O) groups excluding carboxylic acids is 1. The predicted octanol–water partition coefficient (Wildman–Crippen LogP) is 7.81. The van der Waals surface area contributed by atoms with Crippen LogP contribution in [0.15, 0.2) is 65.3 Å². The van der Waals surface area contributed by atoms with E-state index < -0.39 is 17.5 Å². The smallest absolute Gasteiger partial charge is 0.222 e. The molecule has 5 rings (SSSR count). The molecule has 1 atom stereocenters. The van der Waals surface area contributed by atoms with Gasteiger partial charge in [0.25, 0.3) is 0 Å². The molecule has 1 aliphatic heterocycles. The molecule has 0 saturated heterocycles. The normalized spacial score (nSPS) is 12.1. The standard InChI is InChI=1S/C20H24FN3O3.C14H11BrF2O2/c1-11(2)6-14(22)10-26-17-5-4-15-16-7-18(24-12(3)25)23-8-13(16)9-27-20(15)19(17)21;1-18-10-4-2-9(3-5-10)8-19-12-7-6-11(15)13(16)14(12)17/h4-5,7-8,11,14H,6,9-10,22H2,1-3H3,(H,23,24,25);2-7H,8H2,1H3/t14-;/m0./s1. The second-order valence-electron chi connectivity index (χ2n) is 11.0. The fourth-order valence-electron chi connectivity index (χ4n) is 4.62. The average molecular weight is 703 g/mol. The third kappa shape index (κ3) is 8.91. The molecule has 1 aliphatic rings. The Hall–Kier alpha value is -4.29. The van der Waals surface area contributed by atoms with Gasteiger partial charge in [-0.15, -0.1) is 0 Å². The Morgan fingerprint density at radius 3 is 2.37 bits per heavy atom. The summed E-state index contributed by atoms with van der Waals surface area (Å²) in [7, 11) is 1.57. The number of hydrogen-bond donors (Lipinski definition) is 2. The van der Waals surface area contributed by atoms with E-state index in [0.29, 0.717) is 17.3 Å². The Kier molecular flexibility index (Phi) is 11.9. The maximum atomic E-state index is 14.9. The molecule has 0 fully saturated rings. The lowest BCUT2D eigenvalue weighted by Crippen LogP contribution is -2.29. The van der Waals surface area contributed by atoms with Gasteiger partial charge in [0.15, 0.2) is 23.1 Å². The van der Waals surface area contributed by atoms with E-state index in [4.69, 9.17) is 24.7 Å². The van der Waals surface area contributed by atoms with Gasteiger partial charge in [-0.3, -0.25) is 4.79 Å². The molecule has 0 bridgehead atoms. The molecule has 0 radical (unpaired) electrons. The zero-order chi connectivity index (χ0) is 33.4. The maximum absolute atomic E-state index is 14.9. The minimum absolute atomic E-state index is 0.0711. The van der Waals surface area contributed by atoms with Crippen molar-refractivity contribution < 1.29 is 36.9 Å². The highest BCUT2D eigenvalue weighted by Gasteiger charge is 2.24. The molecule has 244 valence electrons. The van der Waals surface area contributed by atoms with E-state index >= 15 is 0 Å². The van der Waals surface area contributed by atoms with Crippen LogP contribution >= 0.6 is 15.9 Å². The summed E-state index contributed by atoms with van der Waals surface area (Å²) in [5, 5.41) is 2.64. The van der Waals surface area contributed by atoms with Crippen molar-refractivity contribution in [2.45, 2.75) is 46.4 Å². The summed E-state index contributed by atoms with van der Waals surface area (Å²) < 4.78 is 63.3. The predicted molar refractivity (Wildman–Crippen MR) is 173 cm³/mol. The van der Waals surface area contributed by atoms with Crippen LogP contribution in [0, 0.1) is 23.4 Å². The number of methoxy groups -OCH3 is 1. The van der Waals surface area contributed by atoms with Crippen LogP contribution in [0.5, 0.6) is 23.0 Å². The van der Waals surface area contributed by atoms with E-state index in [9.17, 15) is 18.0 Å². The van der Waals surface area contributed by atoms with Crippen LogP contribution in [0.25, 0.3) is 11.1 Å². The molecule has 1 amide bonds. The van der Waals surface area contributed by atoms with Crippen LogP contribution in [0.4, 0.5) is 19.0 Å². The summed E-state index contributed by atoms with van der Waals surface area (Å²) in [6.45, 7) is 6.15. The van der Waals surface area contributed by atoms with Gasteiger partial charge in [0.2, 0.25) is 17.5 Å². The molecule has 4 aromatic rings. The summed E-state index contributed by atoms with van der Waals surface area (Å²) in [6.07, 6.45) is 2.42. The molecule has 1 aromatic heterocycles. The number of amides is 1. The zero-order valence-corrected chi connectivity index (χ0v) is 27.4. The fourth-order valence-corrected chi connectivity index (χ4v) is 4.93. The van der Waals surface area contributed by atoms with Crippen molar-refractivity contribution in [3.8, 4) is 34.1 Å². The Balaban J connectivity index is 0.000000222. The molecule has 0 spiro atoms. The van der Waals surface area contributed by atoms with Gasteiger partial charge in [-0.25, -0.2) is 9.37 Å². The summed E-state index contributed by atoms with van der Waals surface area (Å²) in [4.78, 5) is 15.4. The third-order valence-corrected chi connectivity index (χ3v) is 7.41. The Morgan fingerprint density at radius 2 is 1.70 bits per heavy atom. The van der Waals surface area contributed by atoms with E-state index in [1.54, 1.807) is 55.8 Å². The first-order valence-electron chi connectivity index (χ1n) is 14.5. The van der Waals surface area contributed by atoms with Crippen molar-refractivity contribution in [2.24, 2.45) is 11.7 Å². The minimum Gasteiger partial charge on any atom is -0.497 e. The number of ether oxygens (including phenoxy) is 4. The number of nitrogens with one attached hydrogen (secondary N) is 1. The highest BCUT2D eigenvalue weighted by Crippen LogP contribution is 2.42. The second kappa shape index (κ2) is 15.8. The molecule has 46 heavy (non-hydrogen) atoms. The molecule has 0 aliphatic carbocycles. The molecule has 0 saturated carbocycles. The lowest BCUT2D eigenvalue weighted by Gasteiger charge is -2.23. The van der Waals surface area contributed by atoms with Crippen molar-refractivity contribution in [3.05, 3.63) is 93.8 Å². The molecular formula is C34H35BrF3N3O5. The maximum Gasteiger partial charge on any atom is 0.222 e. The van der Waals surface area contributed by atoms with Crippen molar-refractivity contribution in [3.63, 3.8) is 0 Å². The number of nitrogens with zero attached hydrogens (tertiary/aromatic N) is 1. The highest BCUT2D eigenvalue weighted by molar-refractivity contribution is 9.10. The third-order valence-electron chi connectivity index (χ3n) is 6.79. The summed E-state index contributed by atoms with van der Waals surface area (Å²) in [5.41, 5.74) is 9.04. The first kappa shape index (κ1) is 34.6. The number of fused-ring (bicyclic) bond motifs is 3. The molecule has 12 heteroatoms. The van der Waals surface area contributed by atoms with E-state index in [0.717, 1.165) is 28.9 Å². The average Bonchev–Trinajstić information content (AvgIpc) is 3.03. The number of benzene rings is 3. The van der Waals surface area contributed by atoms with Crippen LogP contribution in [-0.2, 0) is 18.0 Å². The van der Waals surface area contributed by atoms with Crippen molar-refractivity contribution >= 4 is 27.7 Å². The fraction of sp³-hybridized carbons (Fsp3) is 0.294. The number of carbonyl (C=O) groups is 1. The highest BCUT2D eigenvalue weighted by atomic mass is 79.9. The lowest BCUT2D eigenvalue weighted by molar-refractivity contribution is -0.114. The second-order valence-corrected chi connectivity index (χ2v) is 11.8. The van der Waals surface area contributed by atoms with Crippen molar-refractivity contribution in [1.29, 1.82) is 0 Å². The van der Waals surface area contributed by atoms with Crippen LogP contribution in [0.1, 0.15) is 38.3 Å². The summed E-state index contributed by atoms with van der Waals surface area (Å²) in [6, 6.07) is 14.8. The molecular weight excluding hydrogens is 667 g/mol. The minimum atomic E-state index is -0.997. The SMILES string of the molecule is CC(=O)Nc1cc2c(cn1)COc1c-2ccc(OC[C@@H](N)CC(C)C)c1F.COc1ccc(COc2ccc(Br)c(F)c2F)cc1. The number of pyridine rings is 1. The van der Waals surface area contributed by atoms with Crippen molar-refractivity contribution in [2.75, 3.05) is 19.0 Å². The first-order chi connectivity index (χ1) is 22.0. The van der Waals surface area contributed by atoms with Crippen molar-refractivity contribution in [1.82, 2.24) is 4.98 Å². The van der Waals surface area contributed by atoms with E-state index in [-0.39, 0.29) is 53.5 Å². The van der Waals surface area contributed by atoms with Crippen LogP contribution < -0.4 is 30.0 Å². The van der Waals surface area contributed by atoms with Crippen LogP contribution in [0.2, 0.25) is 0 Å². The molecule has 3 N–H and O–H groups in total. The van der Waals surface area contributed by atoms with E-state index in [1.165, 1.54) is 19.1 Å². The quantitative estimate of drug-likeness (QED) is 0.163. The largest absolute Gasteiger partial charge is 0.497 e. The number of hydrogen-bond acceptors (Lipinski definition) is 7. The molecule has 3 aromatic carbocycles. The van der Waals surface area contributed by atoms with Gasteiger partial charge in [-0.05, 0) is 81.9 Å². The van der Waals surface area contributed by atoms with Gasteiger partial charge >= 0.3 is 0 Å². The number of anilines is 1. The number of aromatic nitrogens is 1. The van der Waals surface area contributed by atoms with Crippen LogP contribution in [-0.4, -0.2) is 30.6 Å². The zero-order valence-electron chi connectivity index (χ0n) is 25.8. The van der Waals surface area contributed by atoms with E-state index in [2.05, 4.69) is 40.1 Å². The first-order valence-corrected chi connectivity index (χ1v) is 15.3. The van der Waals surface area contributed by atoms with Crippen LogP contribution in [0.3, 0.4) is 0 Å². The summed E-state index contributed by atoms with van der Waals surface area (Å²) >= 11 is 2.91. The number of nitrogens with two attached hydrogens (primary N) is 1. The summed E-state index contributed by atoms with van der Waals surface area (Å²) in [5.74, 6) is -0.992. The molecule has 0 unspecified atom stereocenters. The van der Waals surface area contributed by atoms with Gasteiger partial charge in [0.05, 0.1) is 11.6 Å². The number of rotatable bonds is 10. The van der Waals surface area contributed by atoms with Gasteiger partial charge in [-0.1, -0.05) is 26.0 Å². The topological polar surface area (TPSA) is 105 Å². The monoisotopic (exact) mass is 701 g/mol. The van der Waals surface area contributed by atoms with E-state index in [1.807, 2.05) is 0 Å². The Bertz CT molecular complexity index is 1670. The molecule has 2 heterocycles. The Morgan fingerprint density at radius 1 is 1.00 bits per heavy atom. The van der Waals surface area contributed by atoms with Gasteiger partial charge in [0, 0.05) is 30.3 Å². The van der Waals surface area contributed by atoms with Gasteiger partial charge in [0.1, 0.15) is 31.4 Å².